The van der Waals surface area contributed by atoms with Crippen molar-refractivity contribution in [2.24, 2.45) is 0 Å². The average Bonchev–Trinajstić information content (AvgIpc) is 2.93. The molecular weight excluding hydrogens is 388 g/mol. The minimum absolute atomic E-state index is 0.0730. The Labute approximate surface area is 187 Å². The Morgan fingerprint density at radius 2 is 1.77 bits per heavy atom. The van der Waals surface area contributed by atoms with Crippen LogP contribution in [0.1, 0.15) is 87.0 Å². The summed E-state index contributed by atoms with van der Waals surface area (Å²) in [7, 11) is -1.84. The van der Waals surface area contributed by atoms with Crippen molar-refractivity contribution in [3.8, 4) is 23.7 Å². The van der Waals surface area contributed by atoms with Gasteiger partial charge in [-0.25, -0.2) is 0 Å². The van der Waals surface area contributed by atoms with E-state index in [1.807, 2.05) is 13.8 Å². The standard InChI is InChI=1S/C26H44O3Si/c1-10-12-13-14-15-16-20-23-24(28-26(6,7)27-23)21-18-17-19-22(11-2)29-30(8,9)25(3,4)5/h16,20,22-24H,10-15H2,1-9H3/b20-16+/t22?,23-,24-/m1/s1. The summed E-state index contributed by atoms with van der Waals surface area (Å²) < 4.78 is 18.4. The summed E-state index contributed by atoms with van der Waals surface area (Å²) >= 11 is 0. The number of ether oxygens (including phenoxy) is 2. The predicted octanol–water partition coefficient (Wildman–Crippen LogP) is 6.84. The van der Waals surface area contributed by atoms with Crippen molar-refractivity contribution in [2.75, 3.05) is 0 Å². The first-order valence-electron chi connectivity index (χ1n) is 11.6. The number of rotatable bonds is 9. The van der Waals surface area contributed by atoms with E-state index in [1.54, 1.807) is 0 Å². The van der Waals surface area contributed by atoms with E-state index in [0.29, 0.717) is 0 Å². The van der Waals surface area contributed by atoms with Gasteiger partial charge < -0.3 is 13.9 Å². The molecule has 0 bridgehead atoms. The third-order valence-electron chi connectivity index (χ3n) is 5.80. The molecule has 1 unspecified atom stereocenters. The van der Waals surface area contributed by atoms with Gasteiger partial charge in [-0.15, -0.1) is 0 Å². The molecule has 0 aromatic heterocycles. The summed E-state index contributed by atoms with van der Waals surface area (Å²) in [6.07, 6.45) is 10.8. The van der Waals surface area contributed by atoms with Gasteiger partial charge >= 0.3 is 0 Å². The highest BCUT2D eigenvalue weighted by Crippen LogP contribution is 2.37. The highest BCUT2D eigenvalue weighted by atomic mass is 28.4. The second-order valence-corrected chi connectivity index (χ2v) is 14.9. The molecule has 4 heteroatoms. The SMILES string of the molecule is CCCCCC/C=C/[C@H]1OC(C)(C)O[C@@H]1C#CC#CC(CC)O[Si](C)(C)C(C)(C)C. The van der Waals surface area contributed by atoms with Crippen LogP contribution in [0.2, 0.25) is 18.1 Å². The van der Waals surface area contributed by atoms with E-state index < -0.39 is 14.1 Å². The molecule has 0 amide bonds. The van der Waals surface area contributed by atoms with Gasteiger partial charge in [-0.05, 0) is 63.1 Å². The van der Waals surface area contributed by atoms with E-state index in [0.717, 1.165) is 12.8 Å². The zero-order valence-corrected chi connectivity index (χ0v) is 21.9. The molecular formula is C26H44O3Si. The monoisotopic (exact) mass is 432 g/mol. The van der Waals surface area contributed by atoms with E-state index in [9.17, 15) is 0 Å². The summed E-state index contributed by atoms with van der Waals surface area (Å²) in [5, 5.41) is 0.171. The van der Waals surface area contributed by atoms with Gasteiger partial charge in [0.15, 0.2) is 20.2 Å². The van der Waals surface area contributed by atoms with Crippen molar-refractivity contribution in [2.45, 2.75) is 129 Å². The molecule has 1 fully saturated rings. The van der Waals surface area contributed by atoms with Crippen molar-refractivity contribution in [1.82, 2.24) is 0 Å². The Balaban J connectivity index is 2.73. The van der Waals surface area contributed by atoms with Gasteiger partial charge in [0.2, 0.25) is 0 Å². The smallest absolute Gasteiger partial charge is 0.193 e. The van der Waals surface area contributed by atoms with Gasteiger partial charge in [-0.3, -0.25) is 0 Å². The zero-order chi connectivity index (χ0) is 22.8. The Hall–Kier alpha value is -1.04. The first kappa shape index (κ1) is 27.0. The Morgan fingerprint density at radius 1 is 1.07 bits per heavy atom. The van der Waals surface area contributed by atoms with E-state index in [-0.39, 0.29) is 23.4 Å². The molecule has 0 radical (unpaired) electrons. The molecule has 0 spiro atoms. The Kier molecular flexibility index (Phi) is 10.9. The lowest BCUT2D eigenvalue weighted by Crippen LogP contribution is -2.43. The fraction of sp³-hybridized carbons (Fsp3) is 0.769. The summed E-state index contributed by atoms with van der Waals surface area (Å²) in [6, 6.07) is 0. The molecule has 1 heterocycles. The molecule has 1 saturated heterocycles. The molecule has 1 aliphatic heterocycles. The van der Waals surface area contributed by atoms with Crippen molar-refractivity contribution in [3.05, 3.63) is 12.2 Å². The average molecular weight is 433 g/mol. The van der Waals surface area contributed by atoms with Crippen LogP contribution in [0.4, 0.5) is 0 Å². The Morgan fingerprint density at radius 3 is 2.37 bits per heavy atom. The van der Waals surface area contributed by atoms with E-state index >= 15 is 0 Å². The lowest BCUT2D eigenvalue weighted by Gasteiger charge is -2.37. The number of allylic oxidation sites excluding steroid dienone is 1. The summed E-state index contributed by atoms with van der Waals surface area (Å²) in [5.74, 6) is 11.7. The molecule has 0 N–H and O–H groups in total. The van der Waals surface area contributed by atoms with Crippen LogP contribution in [-0.4, -0.2) is 32.4 Å². The quantitative estimate of drug-likeness (QED) is 0.173. The van der Waals surface area contributed by atoms with Crippen molar-refractivity contribution in [3.63, 3.8) is 0 Å². The highest BCUT2D eigenvalue weighted by Gasteiger charge is 2.39. The van der Waals surface area contributed by atoms with E-state index in [2.05, 4.69) is 83.5 Å². The fourth-order valence-corrected chi connectivity index (χ4v) is 4.22. The number of unbranched alkanes of at least 4 members (excludes halogenated alkanes) is 4. The second-order valence-electron chi connectivity index (χ2n) is 10.1. The van der Waals surface area contributed by atoms with Gasteiger partial charge in [-0.1, -0.05) is 77.9 Å². The molecule has 3 atom stereocenters. The maximum absolute atomic E-state index is 6.40. The second kappa shape index (κ2) is 12.1. The van der Waals surface area contributed by atoms with Crippen LogP contribution in [0.15, 0.2) is 12.2 Å². The predicted molar refractivity (Wildman–Crippen MR) is 130 cm³/mol. The zero-order valence-electron chi connectivity index (χ0n) is 20.9. The van der Waals surface area contributed by atoms with E-state index in [4.69, 9.17) is 13.9 Å². The molecule has 1 aliphatic rings. The minimum atomic E-state index is -1.84. The maximum atomic E-state index is 6.40. The van der Waals surface area contributed by atoms with Gasteiger partial charge in [0, 0.05) is 0 Å². The van der Waals surface area contributed by atoms with Crippen molar-refractivity contribution >= 4 is 8.32 Å². The van der Waals surface area contributed by atoms with Crippen molar-refractivity contribution < 1.29 is 13.9 Å². The van der Waals surface area contributed by atoms with Gasteiger partial charge in [-0.2, -0.15) is 0 Å². The van der Waals surface area contributed by atoms with Crippen molar-refractivity contribution in [1.29, 1.82) is 0 Å². The topological polar surface area (TPSA) is 27.7 Å². The summed E-state index contributed by atoms with van der Waals surface area (Å²) in [6.45, 7) is 19.5. The molecule has 1 rings (SSSR count). The first-order chi connectivity index (χ1) is 13.9. The minimum Gasteiger partial charge on any atom is -0.403 e. The van der Waals surface area contributed by atoms with Gasteiger partial charge in [0.1, 0.15) is 12.2 Å². The van der Waals surface area contributed by atoms with E-state index in [1.165, 1.54) is 25.7 Å². The summed E-state index contributed by atoms with van der Waals surface area (Å²) in [4.78, 5) is 0. The molecule has 0 saturated carbocycles. The molecule has 3 nitrogen and oxygen atoms in total. The lowest BCUT2D eigenvalue weighted by atomic mass is 10.1. The maximum Gasteiger partial charge on any atom is 0.193 e. The molecule has 0 aliphatic carbocycles. The number of hydrogen-bond donors (Lipinski definition) is 0. The summed E-state index contributed by atoms with van der Waals surface area (Å²) in [5.41, 5.74) is 0. The molecule has 0 aromatic carbocycles. The molecule has 0 aromatic rings. The van der Waals surface area contributed by atoms with Gasteiger partial charge in [0.05, 0.1) is 0 Å². The van der Waals surface area contributed by atoms with Crippen LogP contribution >= 0.6 is 0 Å². The van der Waals surface area contributed by atoms with Crippen LogP contribution in [-0.2, 0) is 13.9 Å². The number of hydrogen-bond acceptors (Lipinski definition) is 3. The lowest BCUT2D eigenvalue weighted by molar-refractivity contribution is -0.138. The normalized spacial score (nSPS) is 22.3. The molecule has 170 valence electrons. The van der Waals surface area contributed by atoms with Crippen LogP contribution in [0.5, 0.6) is 0 Å². The largest absolute Gasteiger partial charge is 0.403 e. The fourth-order valence-electron chi connectivity index (χ4n) is 2.93. The van der Waals surface area contributed by atoms with Crippen LogP contribution in [0.25, 0.3) is 0 Å². The van der Waals surface area contributed by atoms with Gasteiger partial charge in [0.25, 0.3) is 0 Å². The highest BCUT2D eigenvalue weighted by molar-refractivity contribution is 6.74. The van der Waals surface area contributed by atoms with Crippen LogP contribution in [0, 0.1) is 23.7 Å². The van der Waals surface area contributed by atoms with Crippen LogP contribution < -0.4 is 0 Å². The third kappa shape index (κ3) is 9.40. The Bertz CT molecular complexity index is 664. The first-order valence-corrected chi connectivity index (χ1v) is 14.5. The molecule has 30 heavy (non-hydrogen) atoms. The van der Waals surface area contributed by atoms with Crippen LogP contribution in [0.3, 0.4) is 0 Å². The third-order valence-corrected chi connectivity index (χ3v) is 10.3.